The number of halogens is 6. The van der Waals surface area contributed by atoms with Crippen molar-refractivity contribution in [2.24, 2.45) is 0 Å². The molecule has 1 aromatic heterocycles. The molecule has 0 radical (unpaired) electrons. The predicted molar refractivity (Wildman–Crippen MR) is 138 cm³/mol. The van der Waals surface area contributed by atoms with E-state index >= 15 is 0 Å². The van der Waals surface area contributed by atoms with Crippen LogP contribution in [0.15, 0.2) is 34.6 Å². The van der Waals surface area contributed by atoms with E-state index in [9.17, 15) is 40.7 Å². The van der Waals surface area contributed by atoms with Gasteiger partial charge in [-0.2, -0.15) is 26.3 Å². The topological polar surface area (TPSA) is 87.2 Å². The van der Waals surface area contributed by atoms with Crippen LogP contribution < -0.4 is 0 Å². The highest BCUT2D eigenvalue weighted by Gasteiger charge is 2.37. The summed E-state index contributed by atoms with van der Waals surface area (Å²) < 4.78 is 84.6. The van der Waals surface area contributed by atoms with Gasteiger partial charge in [0.1, 0.15) is 4.32 Å². The van der Waals surface area contributed by atoms with Crippen molar-refractivity contribution in [2.75, 3.05) is 26.2 Å². The average Bonchev–Trinajstić information content (AvgIpc) is 3.45. The Morgan fingerprint density at radius 1 is 1.07 bits per heavy atom. The van der Waals surface area contributed by atoms with Gasteiger partial charge in [-0.05, 0) is 46.8 Å². The molecule has 1 unspecified atom stereocenters. The highest BCUT2D eigenvalue weighted by atomic mass is 32.2. The molecule has 7 nitrogen and oxygen atoms in total. The maximum Gasteiger partial charge on any atom is 0.416 e. The zero-order valence-electron chi connectivity index (χ0n) is 20.0. The molecule has 2 aliphatic rings. The number of ether oxygens (including phenoxy) is 1. The number of benzene rings is 1. The van der Waals surface area contributed by atoms with Gasteiger partial charge in [-0.25, -0.2) is 4.79 Å². The molecule has 1 N–H and O–H groups in total. The fourth-order valence-electron chi connectivity index (χ4n) is 3.91. The summed E-state index contributed by atoms with van der Waals surface area (Å²) >= 11 is 7.20. The molecule has 2 amide bonds. The van der Waals surface area contributed by atoms with E-state index < -0.39 is 41.5 Å². The van der Waals surface area contributed by atoms with Crippen LogP contribution in [0.1, 0.15) is 22.4 Å². The lowest BCUT2D eigenvalue weighted by molar-refractivity contribution is -0.159. The molecule has 3 heterocycles. The number of carbonyl (C=O) groups excluding carboxylic acids is 2. The van der Waals surface area contributed by atoms with Gasteiger partial charge in [-0.15, -0.1) is 11.3 Å². The van der Waals surface area contributed by atoms with Gasteiger partial charge in [-0.1, -0.05) is 24.0 Å². The molecule has 2 saturated heterocycles. The Morgan fingerprint density at radius 2 is 1.73 bits per heavy atom. The number of thioether (sulfide) groups is 1. The van der Waals surface area contributed by atoms with Crippen LogP contribution in [0.4, 0.5) is 26.3 Å². The van der Waals surface area contributed by atoms with E-state index in [1.165, 1.54) is 27.3 Å². The maximum atomic E-state index is 13.2. The molecule has 2 aromatic rings. The van der Waals surface area contributed by atoms with Crippen LogP contribution in [0.5, 0.6) is 0 Å². The van der Waals surface area contributed by atoms with E-state index in [1.54, 1.807) is 0 Å². The summed E-state index contributed by atoms with van der Waals surface area (Å²) in [5.41, 5.74) is -3.04. The monoisotopic (exact) mass is 624 g/mol. The molecule has 0 saturated carbocycles. The van der Waals surface area contributed by atoms with Crippen LogP contribution in [0.25, 0.3) is 17.2 Å². The fourth-order valence-corrected chi connectivity index (χ4v) is 6.14. The van der Waals surface area contributed by atoms with Gasteiger partial charge in [-0.3, -0.25) is 14.5 Å². The third kappa shape index (κ3) is 6.85. The molecule has 0 aliphatic carbocycles. The van der Waals surface area contributed by atoms with Gasteiger partial charge >= 0.3 is 18.3 Å². The average molecular weight is 625 g/mol. The molecule has 40 heavy (non-hydrogen) atoms. The van der Waals surface area contributed by atoms with Crippen LogP contribution in [-0.2, 0) is 31.5 Å². The minimum Gasteiger partial charge on any atom is -0.479 e. The fraction of sp³-hybridized carbons (Fsp3) is 0.333. The molecule has 0 spiro atoms. The van der Waals surface area contributed by atoms with Gasteiger partial charge < -0.3 is 14.7 Å². The Balaban J connectivity index is 1.47. The van der Waals surface area contributed by atoms with Crippen molar-refractivity contribution in [3.05, 3.63) is 50.6 Å². The molecular formula is C24H18F6N2O5S3. The Bertz CT molecular complexity index is 1360. The number of alkyl halides is 6. The summed E-state index contributed by atoms with van der Waals surface area (Å²) in [6.45, 7) is 0.0882. The molecule has 214 valence electrons. The van der Waals surface area contributed by atoms with E-state index in [0.29, 0.717) is 17.0 Å². The SMILES string of the molecule is O=C(O)C1CN(C(=O)CCN2C(=O)/C(=C/c3cc(-c4cc(C(F)(F)F)cc(C(F)(F)F)c4)cs3)SC2=S)CCO1. The highest BCUT2D eigenvalue weighted by molar-refractivity contribution is 8.26. The highest BCUT2D eigenvalue weighted by Crippen LogP contribution is 2.40. The van der Waals surface area contributed by atoms with Crippen LogP contribution in [0, 0.1) is 0 Å². The number of thiophene rings is 1. The zero-order valence-corrected chi connectivity index (χ0v) is 22.5. The number of carboxylic acids is 1. The summed E-state index contributed by atoms with van der Waals surface area (Å²) in [4.78, 5) is 39.7. The number of carbonyl (C=O) groups is 3. The summed E-state index contributed by atoms with van der Waals surface area (Å²) in [7, 11) is 0. The van der Waals surface area contributed by atoms with Gasteiger partial charge in [0.2, 0.25) is 5.91 Å². The number of hydrogen-bond acceptors (Lipinski definition) is 7. The van der Waals surface area contributed by atoms with Crippen molar-refractivity contribution in [1.29, 1.82) is 0 Å². The van der Waals surface area contributed by atoms with Crippen molar-refractivity contribution in [3.63, 3.8) is 0 Å². The normalized spacial score (nSPS) is 19.6. The van der Waals surface area contributed by atoms with Gasteiger partial charge in [0.25, 0.3) is 5.91 Å². The summed E-state index contributed by atoms with van der Waals surface area (Å²) in [5.74, 6) is -2.08. The summed E-state index contributed by atoms with van der Waals surface area (Å²) in [6.07, 6.45) is -9.79. The van der Waals surface area contributed by atoms with Crippen LogP contribution in [-0.4, -0.2) is 69.4 Å². The van der Waals surface area contributed by atoms with Crippen LogP contribution in [0.3, 0.4) is 0 Å². The largest absolute Gasteiger partial charge is 0.479 e. The first-order chi connectivity index (χ1) is 18.6. The standard InChI is InChI=1S/C24H18F6N2O5S3/c25-23(26,27)14-5-12(6-15(8-14)24(28,29)30)13-7-16(39-11-13)9-18-20(34)32(22(38)40-18)2-1-19(33)31-3-4-37-17(10-31)21(35)36/h5-9,11,17H,1-4,10H2,(H,35,36)/b18-9-. The van der Waals surface area contributed by atoms with E-state index in [1.807, 2.05) is 0 Å². The van der Waals surface area contributed by atoms with E-state index in [-0.39, 0.29) is 65.0 Å². The Labute approximate surface area is 236 Å². The van der Waals surface area contributed by atoms with Crippen molar-refractivity contribution in [3.8, 4) is 11.1 Å². The predicted octanol–water partition coefficient (Wildman–Crippen LogP) is 5.36. The van der Waals surface area contributed by atoms with E-state index in [0.717, 1.165) is 23.1 Å². The number of morpholine rings is 1. The van der Waals surface area contributed by atoms with Gasteiger partial charge in [0, 0.05) is 24.4 Å². The molecule has 2 aliphatic heterocycles. The zero-order chi connectivity index (χ0) is 29.4. The first kappa shape index (κ1) is 30.0. The second-order valence-corrected chi connectivity index (χ2v) is 11.3. The maximum absolute atomic E-state index is 13.2. The third-order valence-corrected chi connectivity index (χ3v) is 8.19. The van der Waals surface area contributed by atoms with E-state index in [2.05, 4.69) is 0 Å². The number of carboxylic acid groups (broad SMARTS) is 1. The first-order valence-corrected chi connectivity index (χ1v) is 13.5. The van der Waals surface area contributed by atoms with Gasteiger partial charge in [0.05, 0.1) is 29.2 Å². The number of rotatable bonds is 6. The lowest BCUT2D eigenvalue weighted by atomic mass is 10.0. The Kier molecular flexibility index (Phi) is 8.63. The van der Waals surface area contributed by atoms with E-state index in [4.69, 9.17) is 22.1 Å². The van der Waals surface area contributed by atoms with Crippen LogP contribution in [0.2, 0.25) is 0 Å². The molecule has 2 fully saturated rings. The molecule has 1 aromatic carbocycles. The minimum absolute atomic E-state index is 0.0520. The van der Waals surface area contributed by atoms with Crippen molar-refractivity contribution < 1.29 is 50.6 Å². The second kappa shape index (κ2) is 11.5. The lowest BCUT2D eigenvalue weighted by Gasteiger charge is -2.31. The Morgan fingerprint density at radius 3 is 2.33 bits per heavy atom. The van der Waals surface area contributed by atoms with Crippen molar-refractivity contribution >= 4 is 63.5 Å². The van der Waals surface area contributed by atoms with Crippen molar-refractivity contribution in [2.45, 2.75) is 24.9 Å². The van der Waals surface area contributed by atoms with Crippen molar-refractivity contribution in [1.82, 2.24) is 9.80 Å². The number of nitrogens with zero attached hydrogens (tertiary/aromatic N) is 2. The van der Waals surface area contributed by atoms with Crippen LogP contribution >= 0.6 is 35.3 Å². The van der Waals surface area contributed by atoms with Gasteiger partial charge in [0.15, 0.2) is 6.10 Å². The second-order valence-electron chi connectivity index (χ2n) is 8.65. The number of hydrogen-bond donors (Lipinski definition) is 1. The third-order valence-electron chi connectivity index (χ3n) is 5.93. The molecule has 0 bridgehead atoms. The molecule has 16 heteroatoms. The number of aliphatic carboxylic acids is 1. The smallest absolute Gasteiger partial charge is 0.416 e. The molecule has 1 atom stereocenters. The minimum atomic E-state index is -4.98. The Hall–Kier alpha value is -2.95. The molecular weight excluding hydrogens is 606 g/mol. The quantitative estimate of drug-likeness (QED) is 0.263. The lowest BCUT2D eigenvalue weighted by Crippen LogP contribution is -2.49. The molecule has 4 rings (SSSR count). The summed E-state index contributed by atoms with van der Waals surface area (Å²) in [6, 6.07) is 2.68. The number of amides is 2. The first-order valence-electron chi connectivity index (χ1n) is 11.4. The summed E-state index contributed by atoms with van der Waals surface area (Å²) in [5, 5.41) is 10.5. The number of thiocarbonyl (C=S) groups is 1.